The normalized spacial score (nSPS) is 33.3. The highest BCUT2D eigenvalue weighted by Gasteiger charge is 2.54. The fraction of sp³-hybridized carbons (Fsp3) is 0.600. The van der Waals surface area contributed by atoms with Gasteiger partial charge in [0.05, 0.1) is 16.9 Å². The maximum atomic E-state index is 13.4. The molecule has 1 heterocycles. The van der Waals surface area contributed by atoms with Crippen molar-refractivity contribution in [1.82, 2.24) is 15.1 Å². The number of benzene rings is 1. The van der Waals surface area contributed by atoms with E-state index in [9.17, 15) is 4.79 Å². The first kappa shape index (κ1) is 17.7. The standard InChI is InChI=1S/C25H31N3O/c29-24(26-20-6-4-5-7-20)22-16-28(21-8-2-1-3-9-21)27-23(22)25-13-17-10-18(14-25)12-19(11-17)15-25/h1-3,8-9,16-20H,4-7,10-15H2,(H,26,29). The molecule has 1 N–H and O–H groups in total. The maximum absolute atomic E-state index is 13.4. The summed E-state index contributed by atoms with van der Waals surface area (Å²) in [6.45, 7) is 0. The molecule has 0 saturated heterocycles. The van der Waals surface area contributed by atoms with Crippen LogP contribution in [0.5, 0.6) is 0 Å². The van der Waals surface area contributed by atoms with E-state index >= 15 is 0 Å². The molecule has 5 aliphatic rings. The highest BCUT2D eigenvalue weighted by molar-refractivity contribution is 5.95. The molecule has 0 unspecified atom stereocenters. The predicted octanol–water partition coefficient (Wildman–Crippen LogP) is 5.01. The monoisotopic (exact) mass is 389 g/mol. The molecule has 5 fully saturated rings. The van der Waals surface area contributed by atoms with Crippen LogP contribution in [0.25, 0.3) is 5.69 Å². The molecular formula is C25H31N3O. The fourth-order valence-corrected chi connectivity index (χ4v) is 7.38. The first-order chi connectivity index (χ1) is 14.2. The summed E-state index contributed by atoms with van der Waals surface area (Å²) in [7, 11) is 0. The number of nitrogens with one attached hydrogen (secondary N) is 1. The molecule has 7 rings (SSSR count). The molecule has 5 saturated carbocycles. The fourth-order valence-electron chi connectivity index (χ4n) is 7.38. The van der Waals surface area contributed by atoms with Crippen molar-refractivity contribution in [3.63, 3.8) is 0 Å². The quantitative estimate of drug-likeness (QED) is 0.799. The minimum absolute atomic E-state index is 0.102. The molecule has 152 valence electrons. The summed E-state index contributed by atoms with van der Waals surface area (Å²) in [5, 5.41) is 8.46. The van der Waals surface area contributed by atoms with Gasteiger partial charge >= 0.3 is 0 Å². The predicted molar refractivity (Wildman–Crippen MR) is 113 cm³/mol. The molecule has 0 radical (unpaired) electrons. The molecule has 0 atom stereocenters. The van der Waals surface area contributed by atoms with Crippen LogP contribution in [0.3, 0.4) is 0 Å². The topological polar surface area (TPSA) is 46.9 Å². The lowest BCUT2D eigenvalue weighted by molar-refractivity contribution is -0.00771. The van der Waals surface area contributed by atoms with Crippen molar-refractivity contribution in [3.8, 4) is 5.69 Å². The third kappa shape index (κ3) is 3.03. The van der Waals surface area contributed by atoms with Gasteiger partial charge in [-0.1, -0.05) is 31.0 Å². The van der Waals surface area contributed by atoms with Gasteiger partial charge in [-0.15, -0.1) is 0 Å². The Morgan fingerprint density at radius 2 is 1.59 bits per heavy atom. The Morgan fingerprint density at radius 3 is 2.21 bits per heavy atom. The van der Waals surface area contributed by atoms with Crippen LogP contribution in [0, 0.1) is 17.8 Å². The van der Waals surface area contributed by atoms with E-state index in [-0.39, 0.29) is 11.3 Å². The number of amides is 1. The summed E-state index contributed by atoms with van der Waals surface area (Å²) in [5.74, 6) is 2.63. The van der Waals surface area contributed by atoms with Crippen molar-refractivity contribution in [3.05, 3.63) is 47.8 Å². The maximum Gasteiger partial charge on any atom is 0.255 e. The molecule has 29 heavy (non-hydrogen) atoms. The van der Waals surface area contributed by atoms with E-state index in [2.05, 4.69) is 17.4 Å². The van der Waals surface area contributed by atoms with Gasteiger partial charge in [-0.05, 0) is 81.3 Å². The Bertz CT molecular complexity index is 874. The van der Waals surface area contributed by atoms with Gasteiger partial charge in [0.1, 0.15) is 0 Å². The highest BCUT2D eigenvalue weighted by Crippen LogP contribution is 2.60. The van der Waals surface area contributed by atoms with Crippen LogP contribution in [0.4, 0.5) is 0 Å². The molecule has 1 amide bonds. The molecule has 4 nitrogen and oxygen atoms in total. The van der Waals surface area contributed by atoms with Gasteiger partial charge in [-0.3, -0.25) is 4.79 Å². The van der Waals surface area contributed by atoms with E-state index in [1.54, 1.807) is 0 Å². The molecule has 4 bridgehead atoms. The summed E-state index contributed by atoms with van der Waals surface area (Å²) in [6.07, 6.45) is 14.6. The summed E-state index contributed by atoms with van der Waals surface area (Å²) in [6, 6.07) is 10.6. The third-order valence-corrected chi connectivity index (χ3v) is 8.21. The Kier molecular flexibility index (Phi) is 4.11. The van der Waals surface area contributed by atoms with Gasteiger partial charge in [-0.25, -0.2) is 4.68 Å². The van der Waals surface area contributed by atoms with Crippen molar-refractivity contribution in [1.29, 1.82) is 0 Å². The highest BCUT2D eigenvalue weighted by atomic mass is 16.1. The third-order valence-electron chi connectivity index (χ3n) is 8.21. The van der Waals surface area contributed by atoms with Crippen LogP contribution in [-0.2, 0) is 5.41 Å². The lowest BCUT2D eigenvalue weighted by Crippen LogP contribution is -2.49. The number of carbonyl (C=O) groups is 1. The van der Waals surface area contributed by atoms with Crippen LogP contribution >= 0.6 is 0 Å². The van der Waals surface area contributed by atoms with Gasteiger partial charge in [0.15, 0.2) is 0 Å². The Balaban J connectivity index is 1.41. The molecule has 1 aromatic carbocycles. The number of hydrogen-bond donors (Lipinski definition) is 1. The van der Waals surface area contributed by atoms with Crippen LogP contribution in [0.2, 0.25) is 0 Å². The molecule has 1 aromatic heterocycles. The van der Waals surface area contributed by atoms with Gasteiger partial charge in [0.25, 0.3) is 5.91 Å². The molecule has 2 aromatic rings. The van der Waals surface area contributed by atoms with Gasteiger partial charge in [-0.2, -0.15) is 5.10 Å². The smallest absolute Gasteiger partial charge is 0.255 e. The van der Waals surface area contributed by atoms with Gasteiger partial charge in [0, 0.05) is 17.7 Å². The van der Waals surface area contributed by atoms with Crippen LogP contribution in [0.15, 0.2) is 36.5 Å². The number of para-hydroxylation sites is 1. The number of hydrogen-bond acceptors (Lipinski definition) is 2. The number of nitrogens with zero attached hydrogens (tertiary/aromatic N) is 2. The first-order valence-corrected chi connectivity index (χ1v) is 11.6. The van der Waals surface area contributed by atoms with Gasteiger partial charge in [0.2, 0.25) is 0 Å². The van der Waals surface area contributed by atoms with Crippen molar-refractivity contribution in [2.45, 2.75) is 75.7 Å². The summed E-state index contributed by atoms with van der Waals surface area (Å²) in [4.78, 5) is 13.4. The van der Waals surface area contributed by atoms with Gasteiger partial charge < -0.3 is 5.32 Å². The van der Waals surface area contributed by atoms with E-state index in [1.165, 1.54) is 51.4 Å². The largest absolute Gasteiger partial charge is 0.349 e. The molecule has 0 spiro atoms. The minimum Gasteiger partial charge on any atom is -0.349 e. The lowest BCUT2D eigenvalue weighted by atomic mass is 9.48. The van der Waals surface area contributed by atoms with E-state index in [0.29, 0.717) is 6.04 Å². The Morgan fingerprint density at radius 1 is 0.966 bits per heavy atom. The molecule has 4 heteroatoms. The number of rotatable bonds is 4. The number of aromatic nitrogens is 2. The first-order valence-electron chi connectivity index (χ1n) is 11.6. The minimum atomic E-state index is 0.102. The van der Waals surface area contributed by atoms with Crippen molar-refractivity contribution >= 4 is 5.91 Å². The SMILES string of the molecule is O=C(NC1CCCC1)c1cn(-c2ccccc2)nc1C12CC3CC(CC(C3)C1)C2. The van der Waals surface area contributed by atoms with Crippen LogP contribution in [-0.4, -0.2) is 21.7 Å². The van der Waals surface area contributed by atoms with E-state index < -0.39 is 0 Å². The average molecular weight is 390 g/mol. The summed E-state index contributed by atoms with van der Waals surface area (Å²) in [5.41, 5.74) is 3.09. The molecule has 5 aliphatic carbocycles. The molecule has 0 aliphatic heterocycles. The second kappa shape index (κ2) is 6.72. The van der Waals surface area contributed by atoms with Crippen LogP contribution in [0.1, 0.15) is 80.3 Å². The Hall–Kier alpha value is -2.10. The second-order valence-corrected chi connectivity index (χ2v) is 10.3. The van der Waals surface area contributed by atoms with Crippen molar-refractivity contribution in [2.75, 3.05) is 0 Å². The van der Waals surface area contributed by atoms with E-state index in [4.69, 9.17) is 5.10 Å². The van der Waals surface area contributed by atoms with Crippen molar-refractivity contribution < 1.29 is 4.79 Å². The Labute approximate surface area is 173 Å². The summed E-state index contributed by atoms with van der Waals surface area (Å²) >= 11 is 0. The zero-order valence-electron chi connectivity index (χ0n) is 17.1. The van der Waals surface area contributed by atoms with Crippen LogP contribution < -0.4 is 5.32 Å². The lowest BCUT2D eigenvalue weighted by Gasteiger charge is -2.56. The second-order valence-electron chi connectivity index (χ2n) is 10.3. The zero-order chi connectivity index (χ0) is 19.4. The molecular weight excluding hydrogens is 358 g/mol. The summed E-state index contributed by atoms with van der Waals surface area (Å²) < 4.78 is 1.96. The number of carbonyl (C=O) groups excluding carboxylic acids is 1. The van der Waals surface area contributed by atoms with Crippen molar-refractivity contribution in [2.24, 2.45) is 17.8 Å². The van der Waals surface area contributed by atoms with E-state index in [0.717, 1.165) is 47.5 Å². The van der Waals surface area contributed by atoms with E-state index in [1.807, 2.05) is 29.1 Å². The average Bonchev–Trinajstić information content (AvgIpc) is 3.38. The zero-order valence-corrected chi connectivity index (χ0v) is 17.1.